The predicted octanol–water partition coefficient (Wildman–Crippen LogP) is 1.86. The van der Waals surface area contributed by atoms with Gasteiger partial charge in [0.15, 0.2) is 0 Å². The lowest BCUT2D eigenvalue weighted by atomic mass is 10.0. The highest BCUT2D eigenvalue weighted by Crippen LogP contribution is 2.28. The molecule has 0 aromatic heterocycles. The van der Waals surface area contributed by atoms with Crippen molar-refractivity contribution in [1.82, 2.24) is 4.90 Å². The van der Waals surface area contributed by atoms with Gasteiger partial charge >= 0.3 is 5.97 Å². The molecule has 0 radical (unpaired) electrons. The molecule has 7 heteroatoms. The van der Waals surface area contributed by atoms with Gasteiger partial charge in [-0.25, -0.2) is 0 Å². The van der Waals surface area contributed by atoms with Gasteiger partial charge in [0.2, 0.25) is 11.8 Å². The van der Waals surface area contributed by atoms with E-state index < -0.39 is 18.0 Å². The summed E-state index contributed by atoms with van der Waals surface area (Å²) in [6.45, 7) is 5.65. The molecule has 27 heavy (non-hydrogen) atoms. The zero-order valence-corrected chi connectivity index (χ0v) is 15.8. The van der Waals surface area contributed by atoms with Crippen LogP contribution in [0.5, 0.6) is 0 Å². The number of carboxylic acids is 1. The first-order valence-corrected chi connectivity index (χ1v) is 9.40. The Bertz CT molecular complexity index is 716. The fourth-order valence-electron chi connectivity index (χ4n) is 3.66. The summed E-state index contributed by atoms with van der Waals surface area (Å²) in [5.41, 5.74) is 2.02. The van der Waals surface area contributed by atoms with Crippen LogP contribution in [0.1, 0.15) is 38.2 Å². The summed E-state index contributed by atoms with van der Waals surface area (Å²) in [4.78, 5) is 39.8. The molecule has 2 saturated heterocycles. The number of carbonyl (C=O) groups excluding carboxylic acids is 2. The third-order valence-corrected chi connectivity index (χ3v) is 5.23. The van der Waals surface area contributed by atoms with Crippen molar-refractivity contribution in [2.45, 2.75) is 38.7 Å². The van der Waals surface area contributed by atoms with E-state index in [1.807, 2.05) is 24.3 Å². The van der Waals surface area contributed by atoms with Gasteiger partial charge in [-0.05, 0) is 30.0 Å². The minimum absolute atomic E-state index is 0.142. The number of anilines is 1. The van der Waals surface area contributed by atoms with Crippen molar-refractivity contribution in [3.63, 3.8) is 0 Å². The third kappa shape index (κ3) is 4.30. The summed E-state index contributed by atoms with van der Waals surface area (Å²) < 4.78 is 5.41. The molecule has 2 atom stereocenters. The van der Waals surface area contributed by atoms with Crippen LogP contribution in [0.2, 0.25) is 0 Å². The van der Waals surface area contributed by atoms with Gasteiger partial charge in [0, 0.05) is 25.3 Å². The molecule has 146 valence electrons. The molecule has 2 unspecified atom stereocenters. The summed E-state index contributed by atoms with van der Waals surface area (Å²) in [6, 6.07) is 7.89. The highest BCUT2D eigenvalue weighted by Gasteiger charge is 2.41. The quantitative estimate of drug-likeness (QED) is 0.795. The van der Waals surface area contributed by atoms with Gasteiger partial charge in [0.25, 0.3) is 0 Å². The maximum Gasteiger partial charge on any atom is 0.306 e. The smallest absolute Gasteiger partial charge is 0.306 e. The van der Waals surface area contributed by atoms with Gasteiger partial charge in [-0.15, -0.1) is 0 Å². The molecule has 3 rings (SSSR count). The summed E-state index contributed by atoms with van der Waals surface area (Å²) >= 11 is 0. The van der Waals surface area contributed by atoms with Crippen LogP contribution < -0.4 is 4.90 Å². The van der Waals surface area contributed by atoms with Gasteiger partial charge in [0.1, 0.15) is 5.92 Å². The number of rotatable bonds is 5. The lowest BCUT2D eigenvalue weighted by Crippen LogP contribution is -2.49. The first-order valence-electron chi connectivity index (χ1n) is 9.40. The normalized spacial score (nSPS) is 23.1. The molecule has 0 saturated carbocycles. The van der Waals surface area contributed by atoms with E-state index in [1.165, 1.54) is 5.56 Å². The van der Waals surface area contributed by atoms with Gasteiger partial charge in [-0.3, -0.25) is 14.4 Å². The molecule has 0 spiro atoms. The van der Waals surface area contributed by atoms with E-state index >= 15 is 0 Å². The molecule has 2 aliphatic rings. The van der Waals surface area contributed by atoms with Crippen molar-refractivity contribution in [2.75, 3.05) is 31.1 Å². The molecule has 7 nitrogen and oxygen atoms in total. The lowest BCUT2D eigenvalue weighted by Gasteiger charge is -2.33. The topological polar surface area (TPSA) is 87.2 Å². The van der Waals surface area contributed by atoms with Crippen molar-refractivity contribution >= 4 is 23.5 Å². The number of nitrogens with zero attached hydrogens (tertiary/aromatic N) is 2. The molecular weight excluding hydrogens is 348 g/mol. The number of carboxylic acid groups (broad SMARTS) is 1. The van der Waals surface area contributed by atoms with E-state index in [2.05, 4.69) is 13.8 Å². The number of amides is 2. The first kappa shape index (κ1) is 19.4. The molecular formula is C20H26N2O5. The zero-order valence-electron chi connectivity index (χ0n) is 15.8. The van der Waals surface area contributed by atoms with E-state index in [4.69, 9.17) is 9.84 Å². The summed E-state index contributed by atoms with van der Waals surface area (Å²) in [7, 11) is 0. The second kappa shape index (κ2) is 8.08. The van der Waals surface area contributed by atoms with Crippen LogP contribution in [0.4, 0.5) is 5.69 Å². The van der Waals surface area contributed by atoms with Crippen LogP contribution in [0.25, 0.3) is 0 Å². The SMILES string of the molecule is CC(C)c1ccc(N2CCC(C(=O)N3CCOC(CC(=O)O)C3)C2=O)cc1. The fourth-order valence-corrected chi connectivity index (χ4v) is 3.66. The number of ether oxygens (including phenoxy) is 1. The summed E-state index contributed by atoms with van der Waals surface area (Å²) in [5.74, 6) is -1.64. The van der Waals surface area contributed by atoms with E-state index in [1.54, 1.807) is 9.80 Å². The first-order chi connectivity index (χ1) is 12.9. The van der Waals surface area contributed by atoms with E-state index in [-0.39, 0.29) is 24.8 Å². The van der Waals surface area contributed by atoms with Crippen LogP contribution in [-0.4, -0.2) is 60.1 Å². The molecule has 2 amide bonds. The van der Waals surface area contributed by atoms with Crippen molar-refractivity contribution < 1.29 is 24.2 Å². The van der Waals surface area contributed by atoms with Crippen LogP contribution in [-0.2, 0) is 19.1 Å². The summed E-state index contributed by atoms with van der Waals surface area (Å²) in [6.07, 6.45) is -0.183. The Morgan fingerprint density at radius 3 is 2.56 bits per heavy atom. The monoisotopic (exact) mass is 374 g/mol. The molecule has 2 aliphatic heterocycles. The number of aliphatic carboxylic acids is 1. The number of benzene rings is 1. The molecule has 1 aromatic carbocycles. The van der Waals surface area contributed by atoms with Crippen molar-refractivity contribution in [3.8, 4) is 0 Å². The van der Waals surface area contributed by atoms with Gasteiger partial charge in [0.05, 0.1) is 19.1 Å². The number of morpholine rings is 1. The minimum atomic E-state index is -0.956. The Labute approximate surface area is 158 Å². The Hall–Kier alpha value is -2.41. The van der Waals surface area contributed by atoms with Crippen LogP contribution in [0.15, 0.2) is 24.3 Å². The molecule has 0 aliphatic carbocycles. The highest BCUT2D eigenvalue weighted by atomic mass is 16.5. The molecule has 2 heterocycles. The molecule has 1 N–H and O–H groups in total. The maximum atomic E-state index is 12.8. The van der Waals surface area contributed by atoms with E-state index in [0.29, 0.717) is 32.0 Å². The molecule has 1 aromatic rings. The van der Waals surface area contributed by atoms with Crippen LogP contribution in [0.3, 0.4) is 0 Å². The Balaban J connectivity index is 1.65. The molecule has 0 bridgehead atoms. The average molecular weight is 374 g/mol. The van der Waals surface area contributed by atoms with E-state index in [9.17, 15) is 14.4 Å². The second-order valence-electron chi connectivity index (χ2n) is 7.45. The molecule has 2 fully saturated rings. The Morgan fingerprint density at radius 2 is 1.93 bits per heavy atom. The van der Waals surface area contributed by atoms with E-state index in [0.717, 1.165) is 5.69 Å². The van der Waals surface area contributed by atoms with Crippen molar-refractivity contribution in [2.24, 2.45) is 5.92 Å². The van der Waals surface area contributed by atoms with Gasteiger partial charge < -0.3 is 19.6 Å². The van der Waals surface area contributed by atoms with Gasteiger partial charge in [-0.2, -0.15) is 0 Å². The maximum absolute atomic E-state index is 12.8. The number of carbonyl (C=O) groups is 3. The highest BCUT2D eigenvalue weighted by molar-refractivity contribution is 6.09. The largest absolute Gasteiger partial charge is 0.481 e. The second-order valence-corrected chi connectivity index (χ2v) is 7.45. The van der Waals surface area contributed by atoms with Crippen LogP contribution >= 0.6 is 0 Å². The fraction of sp³-hybridized carbons (Fsp3) is 0.550. The number of hydrogen-bond acceptors (Lipinski definition) is 4. The Morgan fingerprint density at radius 1 is 1.22 bits per heavy atom. The number of hydrogen-bond donors (Lipinski definition) is 1. The minimum Gasteiger partial charge on any atom is -0.481 e. The lowest BCUT2D eigenvalue weighted by molar-refractivity contribution is -0.151. The van der Waals surface area contributed by atoms with Gasteiger partial charge in [-0.1, -0.05) is 26.0 Å². The average Bonchev–Trinajstić information content (AvgIpc) is 3.02. The summed E-state index contributed by atoms with van der Waals surface area (Å²) in [5, 5.41) is 8.91. The zero-order chi connectivity index (χ0) is 19.6. The predicted molar refractivity (Wildman–Crippen MR) is 99.6 cm³/mol. The van der Waals surface area contributed by atoms with Crippen molar-refractivity contribution in [3.05, 3.63) is 29.8 Å². The van der Waals surface area contributed by atoms with Crippen molar-refractivity contribution in [1.29, 1.82) is 0 Å². The third-order valence-electron chi connectivity index (χ3n) is 5.23. The Kier molecular flexibility index (Phi) is 5.79. The van der Waals surface area contributed by atoms with Crippen LogP contribution in [0, 0.1) is 5.92 Å². The standard InChI is InChI=1S/C20H26N2O5/c1-13(2)14-3-5-15(6-4-14)22-8-7-17(20(22)26)19(25)21-9-10-27-16(12-21)11-18(23)24/h3-6,13,16-17H,7-12H2,1-2H3,(H,23,24).